The van der Waals surface area contributed by atoms with Gasteiger partial charge in [0.2, 0.25) is 0 Å². The van der Waals surface area contributed by atoms with Gasteiger partial charge < -0.3 is 19.5 Å². The third kappa shape index (κ3) is 7.46. The van der Waals surface area contributed by atoms with Crippen LogP contribution < -0.4 is 19.5 Å². The van der Waals surface area contributed by atoms with Crippen LogP contribution in [0.15, 0.2) is 103 Å². The van der Waals surface area contributed by atoms with E-state index in [4.69, 9.17) is 14.2 Å². The van der Waals surface area contributed by atoms with Gasteiger partial charge in [-0.2, -0.15) is 5.26 Å². The molecule has 4 aromatic rings. The highest BCUT2D eigenvalue weighted by atomic mass is 16.6. The average Bonchev–Trinajstić information content (AvgIpc) is 2.99. The maximum atomic E-state index is 12.8. The molecule has 0 bridgehead atoms. The minimum atomic E-state index is -0.564. The molecule has 0 saturated heterocycles. The molecule has 0 aromatic heterocycles. The molecule has 4 rings (SSSR count). The number of anilines is 1. The Morgan fingerprint density at radius 3 is 2.33 bits per heavy atom. The molecule has 0 radical (unpaired) electrons. The van der Waals surface area contributed by atoms with Crippen LogP contribution in [0.2, 0.25) is 0 Å². The van der Waals surface area contributed by atoms with Gasteiger partial charge in [-0.15, -0.1) is 0 Å². The van der Waals surface area contributed by atoms with Gasteiger partial charge in [0.1, 0.15) is 30.6 Å². The Morgan fingerprint density at radius 2 is 1.62 bits per heavy atom. The number of ether oxygens (including phenoxy) is 3. The van der Waals surface area contributed by atoms with Gasteiger partial charge in [-0.1, -0.05) is 48.5 Å². The lowest BCUT2D eigenvalue weighted by atomic mass is 10.1. The van der Waals surface area contributed by atoms with E-state index in [1.54, 1.807) is 54.6 Å². The zero-order valence-corrected chi connectivity index (χ0v) is 21.6. The van der Waals surface area contributed by atoms with Crippen LogP contribution >= 0.6 is 0 Å². The number of nitro benzene ring substituents is 1. The fraction of sp³-hybridized carbons (Fsp3) is 0.0968. The standard InChI is InChI=1S/C31H25N3O6/c1-38-30-18-23(10-15-29(30)40-21-24-8-5-9-27(17-24)34(36)37)16-25(19-32)31(35)33-26-11-13-28(14-12-26)39-20-22-6-3-2-4-7-22/h2-18H,20-21H2,1H3,(H,33,35)/b25-16+. The summed E-state index contributed by atoms with van der Waals surface area (Å²) in [5, 5.41) is 23.3. The molecule has 0 aliphatic carbocycles. The fourth-order valence-corrected chi connectivity index (χ4v) is 3.70. The molecule has 0 aliphatic rings. The fourth-order valence-electron chi connectivity index (χ4n) is 3.70. The van der Waals surface area contributed by atoms with Crippen molar-refractivity contribution in [3.8, 4) is 23.3 Å². The Hall–Kier alpha value is -5.62. The minimum absolute atomic E-state index is 0.0248. The lowest BCUT2D eigenvalue weighted by Gasteiger charge is -2.12. The monoisotopic (exact) mass is 535 g/mol. The van der Waals surface area contributed by atoms with Gasteiger partial charge in [-0.3, -0.25) is 14.9 Å². The number of benzene rings is 4. The number of non-ortho nitro benzene ring substituents is 1. The Bertz CT molecular complexity index is 1560. The van der Waals surface area contributed by atoms with Crippen molar-refractivity contribution < 1.29 is 23.9 Å². The predicted molar refractivity (Wildman–Crippen MR) is 150 cm³/mol. The van der Waals surface area contributed by atoms with Crippen LogP contribution in [0.1, 0.15) is 16.7 Å². The van der Waals surface area contributed by atoms with Crippen LogP contribution in [0.5, 0.6) is 17.2 Å². The highest BCUT2D eigenvalue weighted by molar-refractivity contribution is 6.09. The molecule has 0 heterocycles. The largest absolute Gasteiger partial charge is 0.493 e. The maximum Gasteiger partial charge on any atom is 0.269 e. The molecule has 9 heteroatoms. The van der Waals surface area contributed by atoms with E-state index in [1.165, 1.54) is 25.3 Å². The van der Waals surface area contributed by atoms with E-state index in [0.29, 0.717) is 40.7 Å². The van der Waals surface area contributed by atoms with Crippen molar-refractivity contribution in [3.05, 3.63) is 129 Å². The van der Waals surface area contributed by atoms with Crippen molar-refractivity contribution in [3.63, 3.8) is 0 Å². The average molecular weight is 536 g/mol. The van der Waals surface area contributed by atoms with Gasteiger partial charge in [0, 0.05) is 17.8 Å². The predicted octanol–water partition coefficient (Wildman–Crippen LogP) is 6.31. The summed E-state index contributed by atoms with van der Waals surface area (Å²) in [4.78, 5) is 23.3. The number of rotatable bonds is 11. The smallest absolute Gasteiger partial charge is 0.269 e. The molecule has 0 aliphatic heterocycles. The first-order valence-electron chi connectivity index (χ1n) is 12.2. The first-order chi connectivity index (χ1) is 19.4. The van der Waals surface area contributed by atoms with Crippen molar-refractivity contribution >= 4 is 23.4 Å². The summed E-state index contributed by atoms with van der Waals surface area (Å²) < 4.78 is 17.0. The van der Waals surface area contributed by atoms with E-state index in [-0.39, 0.29) is 17.9 Å². The van der Waals surface area contributed by atoms with E-state index >= 15 is 0 Å². The van der Waals surface area contributed by atoms with Crippen molar-refractivity contribution in [2.75, 3.05) is 12.4 Å². The zero-order valence-electron chi connectivity index (χ0n) is 21.6. The molecule has 200 valence electrons. The number of nitriles is 1. The quantitative estimate of drug-likeness (QED) is 0.103. The molecule has 1 amide bonds. The van der Waals surface area contributed by atoms with E-state index in [0.717, 1.165) is 5.56 Å². The molecule has 4 aromatic carbocycles. The van der Waals surface area contributed by atoms with Gasteiger partial charge in [-0.25, -0.2) is 0 Å². The molecule has 0 saturated carbocycles. The minimum Gasteiger partial charge on any atom is -0.493 e. The van der Waals surface area contributed by atoms with Crippen LogP contribution in [-0.2, 0) is 18.0 Å². The molecule has 1 N–H and O–H groups in total. The number of methoxy groups -OCH3 is 1. The third-order valence-corrected chi connectivity index (χ3v) is 5.74. The Labute approximate surface area is 231 Å². The zero-order chi connectivity index (χ0) is 28.3. The second-order valence-electron chi connectivity index (χ2n) is 8.55. The molecular formula is C31H25N3O6. The molecular weight excluding hydrogens is 510 g/mol. The molecule has 0 spiro atoms. The lowest BCUT2D eigenvalue weighted by molar-refractivity contribution is -0.384. The summed E-state index contributed by atoms with van der Waals surface area (Å²) in [7, 11) is 1.47. The number of hydrogen-bond acceptors (Lipinski definition) is 7. The summed E-state index contributed by atoms with van der Waals surface area (Å²) in [5.74, 6) is 0.870. The van der Waals surface area contributed by atoms with Crippen LogP contribution in [0.4, 0.5) is 11.4 Å². The topological polar surface area (TPSA) is 124 Å². The third-order valence-electron chi connectivity index (χ3n) is 5.74. The van der Waals surface area contributed by atoms with E-state index in [9.17, 15) is 20.2 Å². The Kier molecular flexibility index (Phi) is 9.09. The second-order valence-corrected chi connectivity index (χ2v) is 8.55. The summed E-state index contributed by atoms with van der Waals surface area (Å²) in [6.07, 6.45) is 1.44. The first-order valence-corrected chi connectivity index (χ1v) is 12.2. The number of nitro groups is 1. The summed E-state index contributed by atoms with van der Waals surface area (Å²) in [6.45, 7) is 0.519. The lowest BCUT2D eigenvalue weighted by Crippen LogP contribution is -2.13. The first kappa shape index (κ1) is 27.4. The van der Waals surface area contributed by atoms with Crippen LogP contribution in [0, 0.1) is 21.4 Å². The summed E-state index contributed by atoms with van der Waals surface area (Å²) in [6, 6.07) is 29.7. The Morgan fingerprint density at radius 1 is 0.900 bits per heavy atom. The highest BCUT2D eigenvalue weighted by Gasteiger charge is 2.12. The molecule has 0 fully saturated rings. The van der Waals surface area contributed by atoms with Gasteiger partial charge >= 0.3 is 0 Å². The van der Waals surface area contributed by atoms with Gasteiger partial charge in [-0.05, 0) is 59.2 Å². The molecule has 9 nitrogen and oxygen atoms in total. The van der Waals surface area contributed by atoms with E-state index < -0.39 is 10.8 Å². The van der Waals surface area contributed by atoms with Gasteiger partial charge in [0.05, 0.1) is 12.0 Å². The van der Waals surface area contributed by atoms with E-state index in [1.807, 2.05) is 36.4 Å². The Balaban J connectivity index is 1.39. The second kappa shape index (κ2) is 13.3. The van der Waals surface area contributed by atoms with Crippen molar-refractivity contribution in [2.45, 2.75) is 13.2 Å². The van der Waals surface area contributed by atoms with Crippen LogP contribution in [-0.4, -0.2) is 17.9 Å². The number of carbonyl (C=O) groups is 1. The van der Waals surface area contributed by atoms with Gasteiger partial charge in [0.25, 0.3) is 11.6 Å². The van der Waals surface area contributed by atoms with Crippen molar-refractivity contribution in [1.29, 1.82) is 5.26 Å². The SMILES string of the molecule is COc1cc(/C=C(\C#N)C(=O)Nc2ccc(OCc3ccccc3)cc2)ccc1OCc1cccc([N+](=O)[O-])c1. The maximum absolute atomic E-state index is 12.8. The number of amides is 1. The number of nitrogens with zero attached hydrogens (tertiary/aromatic N) is 2. The number of nitrogens with one attached hydrogen (secondary N) is 1. The van der Waals surface area contributed by atoms with E-state index in [2.05, 4.69) is 5.32 Å². The van der Waals surface area contributed by atoms with Crippen LogP contribution in [0.25, 0.3) is 6.08 Å². The van der Waals surface area contributed by atoms with Crippen LogP contribution in [0.3, 0.4) is 0 Å². The van der Waals surface area contributed by atoms with Crippen molar-refractivity contribution in [1.82, 2.24) is 0 Å². The normalized spacial score (nSPS) is 10.8. The van der Waals surface area contributed by atoms with Gasteiger partial charge in [0.15, 0.2) is 11.5 Å². The molecule has 0 atom stereocenters. The van der Waals surface area contributed by atoms with Crippen molar-refractivity contribution in [2.24, 2.45) is 0 Å². The molecule has 40 heavy (non-hydrogen) atoms. The summed E-state index contributed by atoms with van der Waals surface area (Å²) in [5.41, 5.74) is 2.61. The molecule has 0 unspecified atom stereocenters. The highest BCUT2D eigenvalue weighted by Crippen LogP contribution is 2.30. The number of hydrogen-bond donors (Lipinski definition) is 1. The number of carbonyl (C=O) groups excluding carboxylic acids is 1. The summed E-state index contributed by atoms with van der Waals surface area (Å²) >= 11 is 0.